The fraction of sp³-hybridized carbons (Fsp3) is 0.545. The third-order valence-electron chi connectivity index (χ3n) is 2.30. The zero-order chi connectivity index (χ0) is 12.3. The van der Waals surface area contributed by atoms with Gasteiger partial charge in [-0.25, -0.2) is 0 Å². The number of rotatable bonds is 3. The van der Waals surface area contributed by atoms with Gasteiger partial charge in [-0.05, 0) is 26.7 Å². The molecule has 0 saturated carbocycles. The standard InChI is InChI=1S/C11H15N3O2S/c1-7(2)6-9(15)12-11-14-13-10(17-11)8-4-3-5-16-8/h6,8H,3-5H2,1-2H3,(H,12,14,15). The lowest BCUT2D eigenvalue weighted by atomic mass is 10.2. The summed E-state index contributed by atoms with van der Waals surface area (Å²) in [6.45, 7) is 4.53. The van der Waals surface area contributed by atoms with Crippen molar-refractivity contribution in [3.8, 4) is 0 Å². The Kier molecular flexibility index (Phi) is 3.86. The number of anilines is 1. The van der Waals surface area contributed by atoms with Crippen LogP contribution in [0.1, 0.15) is 37.8 Å². The van der Waals surface area contributed by atoms with Crippen molar-refractivity contribution in [2.24, 2.45) is 0 Å². The van der Waals surface area contributed by atoms with Crippen LogP contribution >= 0.6 is 11.3 Å². The van der Waals surface area contributed by atoms with E-state index in [2.05, 4.69) is 15.5 Å². The molecule has 2 rings (SSSR count). The number of ether oxygens (including phenoxy) is 1. The Bertz CT molecular complexity index is 432. The van der Waals surface area contributed by atoms with E-state index in [4.69, 9.17) is 4.74 Å². The average molecular weight is 253 g/mol. The highest BCUT2D eigenvalue weighted by atomic mass is 32.1. The van der Waals surface area contributed by atoms with Gasteiger partial charge in [-0.3, -0.25) is 10.1 Å². The lowest BCUT2D eigenvalue weighted by molar-refractivity contribution is -0.111. The Morgan fingerprint density at radius 1 is 1.53 bits per heavy atom. The second-order valence-electron chi connectivity index (χ2n) is 4.16. The third-order valence-corrected chi connectivity index (χ3v) is 3.23. The van der Waals surface area contributed by atoms with Crippen LogP contribution in [0.25, 0.3) is 0 Å². The molecule has 0 aromatic carbocycles. The molecule has 2 heterocycles. The highest BCUT2D eigenvalue weighted by Gasteiger charge is 2.22. The number of carbonyl (C=O) groups is 1. The summed E-state index contributed by atoms with van der Waals surface area (Å²) in [4.78, 5) is 11.5. The van der Waals surface area contributed by atoms with Crippen LogP contribution in [0.5, 0.6) is 0 Å². The van der Waals surface area contributed by atoms with E-state index in [9.17, 15) is 4.79 Å². The van der Waals surface area contributed by atoms with Crippen LogP contribution in [0, 0.1) is 0 Å². The van der Waals surface area contributed by atoms with Gasteiger partial charge >= 0.3 is 0 Å². The Hall–Kier alpha value is -1.27. The highest BCUT2D eigenvalue weighted by molar-refractivity contribution is 7.15. The van der Waals surface area contributed by atoms with E-state index in [0.717, 1.165) is 30.0 Å². The van der Waals surface area contributed by atoms with Crippen LogP contribution in [-0.4, -0.2) is 22.7 Å². The fourth-order valence-corrected chi connectivity index (χ4v) is 2.42. The maximum atomic E-state index is 11.5. The summed E-state index contributed by atoms with van der Waals surface area (Å²) in [5.41, 5.74) is 0.950. The SMILES string of the molecule is CC(C)=CC(=O)Nc1nnc(C2CCCO2)s1. The van der Waals surface area contributed by atoms with Crippen LogP contribution in [0.2, 0.25) is 0 Å². The van der Waals surface area contributed by atoms with Crippen molar-refractivity contribution in [3.05, 3.63) is 16.7 Å². The van der Waals surface area contributed by atoms with Gasteiger partial charge in [0.25, 0.3) is 0 Å². The Balaban J connectivity index is 1.98. The molecule has 0 radical (unpaired) electrons. The number of nitrogens with zero attached hydrogens (tertiary/aromatic N) is 2. The molecule has 1 atom stereocenters. The topological polar surface area (TPSA) is 64.1 Å². The summed E-state index contributed by atoms with van der Waals surface area (Å²) < 4.78 is 5.51. The summed E-state index contributed by atoms with van der Waals surface area (Å²) in [6.07, 6.45) is 3.63. The molecule has 5 nitrogen and oxygen atoms in total. The van der Waals surface area contributed by atoms with Crippen molar-refractivity contribution >= 4 is 22.4 Å². The summed E-state index contributed by atoms with van der Waals surface area (Å²) in [7, 11) is 0. The Labute approximate surface area is 104 Å². The van der Waals surface area contributed by atoms with Crippen LogP contribution in [-0.2, 0) is 9.53 Å². The van der Waals surface area contributed by atoms with Crippen LogP contribution in [0.15, 0.2) is 11.6 Å². The molecule has 92 valence electrons. The first-order valence-corrected chi connectivity index (χ1v) is 6.37. The predicted molar refractivity (Wildman–Crippen MR) is 65.9 cm³/mol. The van der Waals surface area contributed by atoms with E-state index in [0.29, 0.717) is 5.13 Å². The van der Waals surface area contributed by atoms with Crippen molar-refractivity contribution in [3.63, 3.8) is 0 Å². The van der Waals surface area contributed by atoms with Gasteiger partial charge in [0.2, 0.25) is 11.0 Å². The van der Waals surface area contributed by atoms with E-state index >= 15 is 0 Å². The van der Waals surface area contributed by atoms with Gasteiger partial charge in [0.15, 0.2) is 0 Å². The largest absolute Gasteiger partial charge is 0.371 e. The van der Waals surface area contributed by atoms with E-state index < -0.39 is 0 Å². The molecule has 1 N–H and O–H groups in total. The van der Waals surface area contributed by atoms with Gasteiger partial charge in [0.05, 0.1) is 0 Å². The van der Waals surface area contributed by atoms with E-state index in [1.165, 1.54) is 17.4 Å². The van der Waals surface area contributed by atoms with Crippen molar-refractivity contribution in [1.82, 2.24) is 10.2 Å². The first-order valence-electron chi connectivity index (χ1n) is 5.56. The van der Waals surface area contributed by atoms with Crippen LogP contribution in [0.4, 0.5) is 5.13 Å². The van der Waals surface area contributed by atoms with E-state index in [-0.39, 0.29) is 12.0 Å². The molecule has 1 fully saturated rings. The summed E-state index contributed by atoms with van der Waals surface area (Å²) >= 11 is 1.38. The molecule has 1 aromatic rings. The monoisotopic (exact) mass is 253 g/mol. The van der Waals surface area contributed by atoms with Gasteiger partial charge in [0.1, 0.15) is 11.1 Å². The smallest absolute Gasteiger partial charge is 0.250 e. The second-order valence-corrected chi connectivity index (χ2v) is 5.17. The fourth-order valence-electron chi connectivity index (χ4n) is 1.59. The van der Waals surface area contributed by atoms with Gasteiger partial charge in [0, 0.05) is 12.7 Å². The van der Waals surface area contributed by atoms with Gasteiger partial charge < -0.3 is 4.74 Å². The summed E-state index contributed by atoms with van der Waals surface area (Å²) in [5, 5.41) is 12.0. The number of hydrogen-bond acceptors (Lipinski definition) is 5. The third kappa shape index (κ3) is 3.34. The first-order chi connectivity index (χ1) is 8.15. The molecular weight excluding hydrogens is 238 g/mol. The van der Waals surface area contributed by atoms with Gasteiger partial charge in [-0.1, -0.05) is 16.9 Å². The lowest BCUT2D eigenvalue weighted by Crippen LogP contribution is -2.07. The highest BCUT2D eigenvalue weighted by Crippen LogP contribution is 2.31. The number of nitrogens with one attached hydrogen (secondary N) is 1. The van der Waals surface area contributed by atoms with Crippen LogP contribution < -0.4 is 5.32 Å². The zero-order valence-electron chi connectivity index (χ0n) is 9.90. The summed E-state index contributed by atoms with van der Waals surface area (Å²) in [5.74, 6) is -0.167. The molecule has 0 spiro atoms. The van der Waals surface area contributed by atoms with Crippen molar-refractivity contribution < 1.29 is 9.53 Å². The first kappa shape index (κ1) is 12.2. The van der Waals surface area contributed by atoms with Crippen molar-refractivity contribution in [2.75, 3.05) is 11.9 Å². The number of amides is 1. The molecule has 0 aliphatic carbocycles. The minimum absolute atomic E-state index is 0.0570. The Morgan fingerprint density at radius 2 is 2.35 bits per heavy atom. The zero-order valence-corrected chi connectivity index (χ0v) is 10.7. The van der Waals surface area contributed by atoms with Gasteiger partial charge in [-0.15, -0.1) is 10.2 Å². The normalized spacial score (nSPS) is 19.1. The number of carbonyl (C=O) groups excluding carboxylic acids is 1. The molecule has 6 heteroatoms. The minimum Gasteiger partial charge on any atom is -0.371 e. The molecule has 1 saturated heterocycles. The molecule has 0 bridgehead atoms. The molecule has 1 aromatic heterocycles. The average Bonchev–Trinajstić information content (AvgIpc) is 2.84. The van der Waals surface area contributed by atoms with E-state index in [1.54, 1.807) is 0 Å². The second kappa shape index (κ2) is 5.37. The maximum Gasteiger partial charge on any atom is 0.250 e. The molecule has 17 heavy (non-hydrogen) atoms. The van der Waals surface area contributed by atoms with Crippen molar-refractivity contribution in [1.29, 1.82) is 0 Å². The van der Waals surface area contributed by atoms with Gasteiger partial charge in [-0.2, -0.15) is 0 Å². The predicted octanol–water partition coefficient (Wildman–Crippen LogP) is 2.29. The van der Waals surface area contributed by atoms with E-state index in [1.807, 2.05) is 13.8 Å². The molecule has 1 aliphatic rings. The lowest BCUT2D eigenvalue weighted by Gasteiger charge is -2.01. The number of allylic oxidation sites excluding steroid dienone is 1. The van der Waals surface area contributed by atoms with Crippen molar-refractivity contribution in [2.45, 2.75) is 32.8 Å². The molecular formula is C11H15N3O2S. The Morgan fingerprint density at radius 3 is 3.00 bits per heavy atom. The quantitative estimate of drug-likeness (QED) is 0.839. The number of aromatic nitrogens is 2. The summed E-state index contributed by atoms with van der Waals surface area (Å²) in [6, 6.07) is 0. The molecule has 1 amide bonds. The van der Waals surface area contributed by atoms with Crippen LogP contribution in [0.3, 0.4) is 0 Å². The minimum atomic E-state index is -0.167. The molecule has 1 unspecified atom stereocenters. The molecule has 1 aliphatic heterocycles. The number of hydrogen-bond donors (Lipinski definition) is 1. The maximum absolute atomic E-state index is 11.5.